The lowest BCUT2D eigenvalue weighted by Gasteiger charge is -2.24. The molecule has 3 N–H and O–H groups in total. The van der Waals surface area contributed by atoms with Crippen molar-refractivity contribution in [3.8, 4) is 5.75 Å². The fourth-order valence-electron chi connectivity index (χ4n) is 3.04. The van der Waals surface area contributed by atoms with Crippen LogP contribution in [-0.2, 0) is 16.6 Å². The van der Waals surface area contributed by atoms with E-state index in [1.165, 1.54) is 30.8 Å². The van der Waals surface area contributed by atoms with E-state index in [4.69, 9.17) is 10.5 Å². The van der Waals surface area contributed by atoms with Gasteiger partial charge in [-0.3, -0.25) is 14.3 Å². The van der Waals surface area contributed by atoms with Crippen molar-refractivity contribution in [1.82, 2.24) is 13.9 Å². The van der Waals surface area contributed by atoms with Gasteiger partial charge < -0.3 is 15.4 Å². The molecule has 2 aromatic rings. The van der Waals surface area contributed by atoms with E-state index in [1.54, 1.807) is 17.0 Å². The quantitative estimate of drug-likeness (QED) is 0.520. The van der Waals surface area contributed by atoms with Crippen molar-refractivity contribution in [2.75, 3.05) is 44.4 Å². The van der Waals surface area contributed by atoms with Crippen molar-refractivity contribution in [2.24, 2.45) is 0 Å². The van der Waals surface area contributed by atoms with E-state index >= 15 is 0 Å². The number of aromatic amines is 1. The zero-order valence-corrected chi connectivity index (χ0v) is 19.2. The number of nitrogens with two attached hydrogens (primary N) is 1. The molecule has 0 fully saturated rings. The molecule has 0 aliphatic heterocycles. The molecule has 0 unspecified atom stereocenters. The average molecular weight is 454 g/mol. The van der Waals surface area contributed by atoms with Gasteiger partial charge >= 0.3 is 5.69 Å². The van der Waals surface area contributed by atoms with E-state index < -0.39 is 21.3 Å². The van der Waals surface area contributed by atoms with E-state index in [0.29, 0.717) is 25.4 Å². The highest BCUT2D eigenvalue weighted by molar-refractivity contribution is 7.89. The Hall–Kier alpha value is -2.79. The fourth-order valence-corrected chi connectivity index (χ4v) is 3.94. The summed E-state index contributed by atoms with van der Waals surface area (Å²) in [5.74, 6) is 0.644. The highest BCUT2D eigenvalue weighted by atomic mass is 32.2. The first kappa shape index (κ1) is 24.5. The highest BCUT2D eigenvalue weighted by Crippen LogP contribution is 2.19. The maximum Gasteiger partial charge on any atom is 0.330 e. The Labute approximate surface area is 182 Å². The highest BCUT2D eigenvalue weighted by Gasteiger charge is 2.19. The first-order chi connectivity index (χ1) is 14.6. The van der Waals surface area contributed by atoms with Crippen LogP contribution >= 0.6 is 0 Å². The summed E-state index contributed by atoms with van der Waals surface area (Å²) in [5.41, 5.74) is 5.36. The van der Waals surface area contributed by atoms with Gasteiger partial charge in [-0.15, -0.1) is 0 Å². The predicted octanol–water partition coefficient (Wildman–Crippen LogP) is 1.07. The van der Waals surface area contributed by atoms with Crippen LogP contribution in [0.3, 0.4) is 0 Å². The Morgan fingerprint density at radius 1 is 1.13 bits per heavy atom. The fraction of sp³-hybridized carbons (Fsp3) is 0.500. The molecule has 0 saturated heterocycles. The van der Waals surface area contributed by atoms with Gasteiger partial charge in [0.1, 0.15) is 23.9 Å². The van der Waals surface area contributed by atoms with Gasteiger partial charge in [0.15, 0.2) is 0 Å². The summed E-state index contributed by atoms with van der Waals surface area (Å²) >= 11 is 0. The Morgan fingerprint density at radius 2 is 1.77 bits per heavy atom. The molecule has 11 heteroatoms. The Balaban J connectivity index is 2.13. The van der Waals surface area contributed by atoms with E-state index in [1.807, 2.05) is 13.8 Å². The van der Waals surface area contributed by atoms with Gasteiger partial charge in [0.2, 0.25) is 10.0 Å². The molecule has 1 aromatic heterocycles. The van der Waals surface area contributed by atoms with Crippen LogP contribution in [0.15, 0.2) is 38.8 Å². The first-order valence-electron chi connectivity index (χ1n) is 10.2. The van der Waals surface area contributed by atoms with Gasteiger partial charge in [-0.05, 0) is 37.6 Å². The number of benzene rings is 1. The van der Waals surface area contributed by atoms with Crippen LogP contribution in [0, 0.1) is 0 Å². The van der Waals surface area contributed by atoms with Crippen LogP contribution in [0.25, 0.3) is 0 Å². The second kappa shape index (κ2) is 10.5. The molecule has 0 radical (unpaired) electrons. The SMILES string of the molecule is CCCCn1c(N)c(N(CC)CCOc2ccc(S(=O)(=O)N(C)C)cc2)c(=O)[nH]c1=O. The molecule has 0 saturated carbocycles. The van der Waals surface area contributed by atoms with Crippen LogP contribution in [0.5, 0.6) is 5.75 Å². The van der Waals surface area contributed by atoms with Crippen molar-refractivity contribution >= 4 is 21.5 Å². The second-order valence-electron chi connectivity index (χ2n) is 7.19. The Morgan fingerprint density at radius 3 is 2.32 bits per heavy atom. The molecule has 172 valence electrons. The van der Waals surface area contributed by atoms with Crippen molar-refractivity contribution in [3.05, 3.63) is 45.1 Å². The maximum absolute atomic E-state index is 12.4. The van der Waals surface area contributed by atoms with E-state index in [9.17, 15) is 18.0 Å². The van der Waals surface area contributed by atoms with Crippen LogP contribution in [-0.4, -0.2) is 56.1 Å². The number of ether oxygens (including phenoxy) is 1. The lowest BCUT2D eigenvalue weighted by molar-refractivity contribution is 0.324. The van der Waals surface area contributed by atoms with Crippen LogP contribution in [0.4, 0.5) is 11.5 Å². The summed E-state index contributed by atoms with van der Waals surface area (Å²) in [6, 6.07) is 6.13. The van der Waals surface area contributed by atoms with Crippen molar-refractivity contribution in [2.45, 2.75) is 38.1 Å². The van der Waals surface area contributed by atoms with Gasteiger partial charge in [-0.1, -0.05) is 13.3 Å². The summed E-state index contributed by atoms with van der Waals surface area (Å²) in [6.07, 6.45) is 1.66. The topological polar surface area (TPSA) is 131 Å². The number of nitrogens with zero attached hydrogens (tertiary/aromatic N) is 3. The standard InChI is InChI=1S/C20H31N5O5S/c1-5-7-12-25-18(21)17(19(26)22-20(25)27)24(6-2)13-14-30-15-8-10-16(11-9-15)31(28,29)23(3)4/h8-11H,5-7,12-14,21H2,1-4H3,(H,22,26,27). The summed E-state index contributed by atoms with van der Waals surface area (Å²) in [5, 5.41) is 0. The third-order valence-corrected chi connectivity index (χ3v) is 6.71. The van der Waals surface area contributed by atoms with E-state index in [-0.39, 0.29) is 23.0 Å². The summed E-state index contributed by atoms with van der Waals surface area (Å²) in [7, 11) is -0.562. The molecule has 0 bridgehead atoms. The molecule has 1 aromatic carbocycles. The number of hydrogen-bond acceptors (Lipinski definition) is 7. The molecule has 0 spiro atoms. The van der Waals surface area contributed by atoms with Crippen LogP contribution in [0.2, 0.25) is 0 Å². The average Bonchev–Trinajstić information content (AvgIpc) is 2.72. The van der Waals surface area contributed by atoms with Crippen molar-refractivity contribution < 1.29 is 13.2 Å². The summed E-state index contributed by atoms with van der Waals surface area (Å²) in [6.45, 7) is 5.39. The van der Waals surface area contributed by atoms with Gasteiger partial charge in [0.25, 0.3) is 5.56 Å². The molecule has 0 aliphatic rings. The van der Waals surface area contributed by atoms with Crippen LogP contribution < -0.4 is 26.6 Å². The second-order valence-corrected chi connectivity index (χ2v) is 9.34. The smallest absolute Gasteiger partial charge is 0.330 e. The van der Waals surface area contributed by atoms with Crippen molar-refractivity contribution in [1.29, 1.82) is 0 Å². The maximum atomic E-state index is 12.4. The molecule has 0 atom stereocenters. The molecule has 31 heavy (non-hydrogen) atoms. The molecule has 1 heterocycles. The van der Waals surface area contributed by atoms with Gasteiger partial charge in [-0.2, -0.15) is 0 Å². The lowest BCUT2D eigenvalue weighted by Crippen LogP contribution is -2.39. The largest absolute Gasteiger partial charge is 0.492 e. The monoisotopic (exact) mass is 453 g/mol. The third-order valence-electron chi connectivity index (χ3n) is 4.88. The third kappa shape index (κ3) is 5.67. The zero-order valence-electron chi connectivity index (χ0n) is 18.4. The number of hydrogen-bond donors (Lipinski definition) is 2. The number of anilines is 2. The molecule has 2 rings (SSSR count). The van der Waals surface area contributed by atoms with Gasteiger partial charge in [0.05, 0.1) is 11.4 Å². The number of likely N-dealkylation sites (N-methyl/N-ethyl adjacent to an activating group) is 1. The molecule has 0 aliphatic carbocycles. The van der Waals surface area contributed by atoms with Crippen molar-refractivity contribution in [3.63, 3.8) is 0 Å². The number of nitrogen functional groups attached to an aromatic ring is 1. The van der Waals surface area contributed by atoms with E-state index in [0.717, 1.165) is 17.1 Å². The minimum Gasteiger partial charge on any atom is -0.492 e. The molecular weight excluding hydrogens is 422 g/mol. The number of nitrogens with one attached hydrogen (secondary N) is 1. The lowest BCUT2D eigenvalue weighted by atomic mass is 10.3. The van der Waals surface area contributed by atoms with Gasteiger partial charge in [-0.25, -0.2) is 17.5 Å². The first-order valence-corrected chi connectivity index (χ1v) is 11.6. The molecule has 0 amide bonds. The van der Waals surface area contributed by atoms with E-state index in [2.05, 4.69) is 4.98 Å². The minimum atomic E-state index is -3.50. The Bertz CT molecular complexity index is 1090. The normalized spacial score (nSPS) is 11.6. The summed E-state index contributed by atoms with van der Waals surface area (Å²) < 4.78 is 32.5. The number of aromatic nitrogens is 2. The predicted molar refractivity (Wildman–Crippen MR) is 121 cm³/mol. The number of rotatable bonds is 11. The molecule has 10 nitrogen and oxygen atoms in total. The van der Waals surface area contributed by atoms with Gasteiger partial charge in [0, 0.05) is 27.2 Å². The summed E-state index contributed by atoms with van der Waals surface area (Å²) in [4.78, 5) is 28.8. The number of H-pyrrole nitrogens is 1. The number of unbranched alkanes of at least 4 members (excludes halogenated alkanes) is 1. The zero-order chi connectivity index (χ0) is 23.2. The number of sulfonamides is 1. The molecular formula is C20H31N5O5S. The Kier molecular flexibility index (Phi) is 8.28. The van der Waals surface area contributed by atoms with Crippen LogP contribution in [0.1, 0.15) is 26.7 Å². The minimum absolute atomic E-state index is 0.141.